The number of piperidine rings is 1. The number of H-pyrrole nitrogens is 1. The van der Waals surface area contributed by atoms with E-state index in [1.54, 1.807) is 6.20 Å². The number of likely N-dealkylation sites (tertiary alicyclic amines) is 1. The maximum atomic E-state index is 11.4. The van der Waals surface area contributed by atoms with Gasteiger partial charge in [-0.05, 0) is 12.8 Å². The van der Waals surface area contributed by atoms with E-state index >= 15 is 0 Å². The van der Waals surface area contributed by atoms with Gasteiger partial charge in [0.2, 0.25) is 5.91 Å². The van der Waals surface area contributed by atoms with Gasteiger partial charge in [0.15, 0.2) is 0 Å². The van der Waals surface area contributed by atoms with Crippen LogP contribution < -0.4 is 0 Å². The largest absolute Gasteiger partial charge is 0.348 e. The highest BCUT2D eigenvalue weighted by atomic mass is 35.5. The van der Waals surface area contributed by atoms with E-state index < -0.39 is 0 Å². The molecule has 0 radical (unpaired) electrons. The molecule has 1 atom stereocenters. The Balaban J connectivity index is 2.01. The molecule has 0 spiro atoms. The van der Waals surface area contributed by atoms with Crippen molar-refractivity contribution in [2.45, 2.75) is 18.8 Å². The molecule has 82 valence electrons. The van der Waals surface area contributed by atoms with E-state index in [1.165, 1.54) is 0 Å². The summed E-state index contributed by atoms with van der Waals surface area (Å²) in [6, 6.07) is 0. The lowest BCUT2D eigenvalue weighted by Crippen LogP contribution is -2.40. The standard InChI is InChI=1S/C10H14ClN3O/c11-6-9(15)14-5-1-2-8(7-14)10-12-3-4-13-10/h3-4,8H,1-2,5-7H2,(H,12,13). The Morgan fingerprint density at radius 3 is 3.27 bits per heavy atom. The number of amides is 1. The summed E-state index contributed by atoms with van der Waals surface area (Å²) in [5.74, 6) is 1.40. The molecular weight excluding hydrogens is 214 g/mol. The topological polar surface area (TPSA) is 49.0 Å². The molecule has 0 aliphatic carbocycles. The van der Waals surface area contributed by atoms with Crippen LogP contribution in [0.3, 0.4) is 0 Å². The van der Waals surface area contributed by atoms with Crippen molar-refractivity contribution in [3.05, 3.63) is 18.2 Å². The zero-order chi connectivity index (χ0) is 10.7. The third-order valence-electron chi connectivity index (χ3n) is 2.79. The number of aromatic amines is 1. The quantitative estimate of drug-likeness (QED) is 0.776. The summed E-state index contributed by atoms with van der Waals surface area (Å²) in [6.07, 6.45) is 5.67. The molecule has 15 heavy (non-hydrogen) atoms. The number of carbonyl (C=O) groups excluding carboxylic acids is 1. The lowest BCUT2D eigenvalue weighted by molar-refractivity contribution is -0.129. The second kappa shape index (κ2) is 4.66. The number of alkyl halides is 1. The molecule has 4 nitrogen and oxygen atoms in total. The Morgan fingerprint density at radius 2 is 2.60 bits per heavy atom. The molecule has 1 unspecified atom stereocenters. The number of nitrogens with zero attached hydrogens (tertiary/aromatic N) is 2. The van der Waals surface area contributed by atoms with Crippen molar-refractivity contribution in [3.8, 4) is 0 Å². The monoisotopic (exact) mass is 227 g/mol. The number of nitrogens with one attached hydrogen (secondary N) is 1. The Bertz CT molecular complexity index is 325. The fraction of sp³-hybridized carbons (Fsp3) is 0.600. The van der Waals surface area contributed by atoms with Gasteiger partial charge in [0.1, 0.15) is 11.7 Å². The third kappa shape index (κ3) is 2.31. The van der Waals surface area contributed by atoms with E-state index in [9.17, 15) is 4.79 Å². The lowest BCUT2D eigenvalue weighted by atomic mass is 9.97. The van der Waals surface area contributed by atoms with Gasteiger partial charge < -0.3 is 9.88 Å². The van der Waals surface area contributed by atoms with Crippen molar-refractivity contribution in [1.29, 1.82) is 0 Å². The van der Waals surface area contributed by atoms with Crippen LogP contribution in [0.2, 0.25) is 0 Å². The number of hydrogen-bond acceptors (Lipinski definition) is 2. The fourth-order valence-electron chi connectivity index (χ4n) is 2.01. The molecule has 1 amide bonds. The van der Waals surface area contributed by atoms with Gasteiger partial charge in [0, 0.05) is 31.4 Å². The van der Waals surface area contributed by atoms with Crippen molar-refractivity contribution in [2.24, 2.45) is 0 Å². The fourth-order valence-corrected chi connectivity index (χ4v) is 2.18. The first-order valence-electron chi connectivity index (χ1n) is 5.14. The zero-order valence-corrected chi connectivity index (χ0v) is 9.20. The van der Waals surface area contributed by atoms with Crippen LogP contribution in [0, 0.1) is 0 Å². The van der Waals surface area contributed by atoms with Gasteiger partial charge in [-0.3, -0.25) is 4.79 Å². The molecule has 0 aromatic carbocycles. The summed E-state index contributed by atoms with van der Waals surface area (Å²) in [5, 5.41) is 0. The van der Waals surface area contributed by atoms with Crippen LogP contribution in [0.4, 0.5) is 0 Å². The van der Waals surface area contributed by atoms with Gasteiger partial charge in [-0.25, -0.2) is 4.98 Å². The first-order valence-corrected chi connectivity index (χ1v) is 5.67. The van der Waals surface area contributed by atoms with Crippen LogP contribution >= 0.6 is 11.6 Å². The van der Waals surface area contributed by atoms with Gasteiger partial charge in [0.25, 0.3) is 0 Å². The van der Waals surface area contributed by atoms with Crippen LogP contribution in [-0.2, 0) is 4.79 Å². The van der Waals surface area contributed by atoms with Gasteiger partial charge in [-0.15, -0.1) is 11.6 Å². The second-order valence-corrected chi connectivity index (χ2v) is 4.05. The van der Waals surface area contributed by atoms with E-state index in [-0.39, 0.29) is 11.8 Å². The highest BCUT2D eigenvalue weighted by Crippen LogP contribution is 2.24. The predicted octanol–water partition coefficient (Wildman–Crippen LogP) is 1.35. The molecule has 1 aliphatic heterocycles. The van der Waals surface area contributed by atoms with Crippen molar-refractivity contribution < 1.29 is 4.79 Å². The normalized spacial score (nSPS) is 21.7. The molecule has 2 heterocycles. The highest BCUT2D eigenvalue weighted by molar-refractivity contribution is 6.27. The Hall–Kier alpha value is -1.03. The summed E-state index contributed by atoms with van der Waals surface area (Å²) in [7, 11) is 0. The number of aromatic nitrogens is 2. The van der Waals surface area contributed by atoms with E-state index in [0.717, 1.165) is 31.8 Å². The van der Waals surface area contributed by atoms with Crippen molar-refractivity contribution in [1.82, 2.24) is 14.9 Å². The molecule has 1 N–H and O–H groups in total. The number of rotatable bonds is 2. The van der Waals surface area contributed by atoms with Crippen LogP contribution in [-0.4, -0.2) is 39.7 Å². The lowest BCUT2D eigenvalue weighted by Gasteiger charge is -2.31. The molecule has 1 fully saturated rings. The SMILES string of the molecule is O=C(CCl)N1CCCC(c2ncc[nH]2)C1. The highest BCUT2D eigenvalue weighted by Gasteiger charge is 2.25. The van der Waals surface area contributed by atoms with E-state index in [0.29, 0.717) is 5.92 Å². The maximum absolute atomic E-state index is 11.4. The minimum Gasteiger partial charge on any atom is -0.348 e. The summed E-state index contributed by atoms with van der Waals surface area (Å²) < 4.78 is 0. The first kappa shape index (κ1) is 10.5. The number of imidazole rings is 1. The van der Waals surface area contributed by atoms with Crippen LogP contribution in [0.5, 0.6) is 0 Å². The number of carbonyl (C=O) groups is 1. The van der Waals surface area contributed by atoms with Crippen LogP contribution in [0.15, 0.2) is 12.4 Å². The van der Waals surface area contributed by atoms with Crippen molar-refractivity contribution in [2.75, 3.05) is 19.0 Å². The van der Waals surface area contributed by atoms with Gasteiger partial charge in [-0.1, -0.05) is 0 Å². The molecule has 0 bridgehead atoms. The molecule has 2 rings (SSSR count). The molecule has 1 aromatic rings. The zero-order valence-electron chi connectivity index (χ0n) is 8.45. The summed E-state index contributed by atoms with van der Waals surface area (Å²) >= 11 is 5.54. The van der Waals surface area contributed by atoms with E-state index in [2.05, 4.69) is 9.97 Å². The summed E-state index contributed by atoms with van der Waals surface area (Å²) in [6.45, 7) is 1.56. The minimum absolute atomic E-state index is 0.0212. The number of halogens is 1. The molecule has 1 aromatic heterocycles. The van der Waals surface area contributed by atoms with E-state index in [4.69, 9.17) is 11.6 Å². The van der Waals surface area contributed by atoms with Gasteiger partial charge >= 0.3 is 0 Å². The molecule has 1 aliphatic rings. The second-order valence-electron chi connectivity index (χ2n) is 3.79. The average Bonchev–Trinajstić information content (AvgIpc) is 2.82. The Kier molecular flexibility index (Phi) is 3.26. The van der Waals surface area contributed by atoms with Crippen LogP contribution in [0.25, 0.3) is 0 Å². The van der Waals surface area contributed by atoms with Gasteiger partial charge in [-0.2, -0.15) is 0 Å². The predicted molar refractivity (Wildman–Crippen MR) is 57.9 cm³/mol. The molecule has 5 heteroatoms. The first-order chi connectivity index (χ1) is 7.31. The van der Waals surface area contributed by atoms with Crippen molar-refractivity contribution >= 4 is 17.5 Å². The number of hydrogen-bond donors (Lipinski definition) is 1. The maximum Gasteiger partial charge on any atom is 0.237 e. The van der Waals surface area contributed by atoms with Crippen LogP contribution in [0.1, 0.15) is 24.6 Å². The molecular formula is C10H14ClN3O. The Labute approximate surface area is 93.6 Å². The summed E-state index contributed by atoms with van der Waals surface area (Å²) in [5.41, 5.74) is 0. The Morgan fingerprint density at radius 1 is 1.73 bits per heavy atom. The van der Waals surface area contributed by atoms with E-state index in [1.807, 2.05) is 11.1 Å². The summed E-state index contributed by atoms with van der Waals surface area (Å²) in [4.78, 5) is 20.6. The molecule has 1 saturated heterocycles. The minimum atomic E-state index is 0.0212. The van der Waals surface area contributed by atoms with Crippen molar-refractivity contribution in [3.63, 3.8) is 0 Å². The average molecular weight is 228 g/mol. The molecule has 0 saturated carbocycles. The van der Waals surface area contributed by atoms with Gasteiger partial charge in [0.05, 0.1) is 0 Å². The third-order valence-corrected chi connectivity index (χ3v) is 3.02. The smallest absolute Gasteiger partial charge is 0.237 e.